The second-order valence-electron chi connectivity index (χ2n) is 4.67. The highest BCUT2D eigenvalue weighted by atomic mass is 16.5. The molecular formula is C14H13N3O4. The Balaban J connectivity index is 2.02. The Bertz CT molecular complexity index is 710. The van der Waals surface area contributed by atoms with Crippen molar-refractivity contribution in [2.45, 2.75) is 6.10 Å². The van der Waals surface area contributed by atoms with E-state index >= 15 is 0 Å². The fourth-order valence-electron chi connectivity index (χ4n) is 2.28. The van der Waals surface area contributed by atoms with Crippen molar-refractivity contribution in [2.75, 3.05) is 11.4 Å². The van der Waals surface area contributed by atoms with E-state index in [9.17, 15) is 9.59 Å². The van der Waals surface area contributed by atoms with Crippen molar-refractivity contribution in [3.63, 3.8) is 0 Å². The van der Waals surface area contributed by atoms with E-state index in [1.807, 2.05) is 0 Å². The van der Waals surface area contributed by atoms with Gasteiger partial charge in [0.05, 0.1) is 12.2 Å². The number of nitrogens with zero attached hydrogens (tertiary/aromatic N) is 3. The van der Waals surface area contributed by atoms with Crippen molar-refractivity contribution in [1.82, 2.24) is 9.78 Å². The summed E-state index contributed by atoms with van der Waals surface area (Å²) in [5, 5.41) is 13.1. The number of carbonyl (C=O) groups is 2. The third kappa shape index (κ3) is 2.22. The van der Waals surface area contributed by atoms with Crippen LogP contribution >= 0.6 is 0 Å². The van der Waals surface area contributed by atoms with E-state index < -0.39 is 12.1 Å². The number of para-hydroxylation sites is 2. The molecule has 21 heavy (non-hydrogen) atoms. The molecule has 0 saturated carbocycles. The Morgan fingerprint density at radius 3 is 2.76 bits per heavy atom. The lowest BCUT2D eigenvalue weighted by molar-refractivity contribution is -0.144. The molecule has 2 aromatic rings. The van der Waals surface area contributed by atoms with Gasteiger partial charge < -0.3 is 9.84 Å². The maximum absolute atomic E-state index is 12.6. The molecule has 0 spiro atoms. The smallest absolute Gasteiger partial charge is 0.346 e. The molecule has 3 rings (SSSR count). The zero-order valence-corrected chi connectivity index (χ0v) is 11.3. The number of aliphatic carboxylic acids is 1. The van der Waals surface area contributed by atoms with E-state index in [4.69, 9.17) is 9.84 Å². The van der Waals surface area contributed by atoms with Gasteiger partial charge in [0, 0.05) is 13.2 Å². The van der Waals surface area contributed by atoms with Crippen molar-refractivity contribution >= 4 is 17.6 Å². The van der Waals surface area contributed by atoms with Crippen LogP contribution in [0.1, 0.15) is 10.5 Å². The second-order valence-corrected chi connectivity index (χ2v) is 4.67. The summed E-state index contributed by atoms with van der Waals surface area (Å²) >= 11 is 0. The number of anilines is 1. The second kappa shape index (κ2) is 4.93. The van der Waals surface area contributed by atoms with Crippen molar-refractivity contribution in [3.05, 3.63) is 42.2 Å². The van der Waals surface area contributed by atoms with Crippen LogP contribution in [-0.2, 0) is 11.8 Å². The van der Waals surface area contributed by atoms with Gasteiger partial charge >= 0.3 is 5.97 Å². The number of carboxylic acid groups (broad SMARTS) is 1. The molecule has 1 atom stereocenters. The van der Waals surface area contributed by atoms with Gasteiger partial charge in [-0.05, 0) is 18.2 Å². The molecule has 7 nitrogen and oxygen atoms in total. The summed E-state index contributed by atoms with van der Waals surface area (Å²) < 4.78 is 6.86. The van der Waals surface area contributed by atoms with Crippen LogP contribution in [-0.4, -0.2) is 39.4 Å². The summed E-state index contributed by atoms with van der Waals surface area (Å²) in [5.41, 5.74) is 0.942. The molecule has 2 heterocycles. The fourth-order valence-corrected chi connectivity index (χ4v) is 2.28. The van der Waals surface area contributed by atoms with Gasteiger partial charge in [-0.3, -0.25) is 14.4 Å². The zero-order valence-electron chi connectivity index (χ0n) is 11.3. The highest BCUT2D eigenvalue weighted by molar-refractivity contribution is 6.06. The first-order valence-corrected chi connectivity index (χ1v) is 6.36. The maximum atomic E-state index is 12.6. The number of aryl methyl sites for hydroxylation is 1. The predicted octanol–water partition coefficient (Wildman–Crippen LogP) is 0.912. The number of carboxylic acids is 1. The average molecular weight is 287 g/mol. The molecule has 0 fully saturated rings. The number of aromatic nitrogens is 2. The maximum Gasteiger partial charge on any atom is 0.346 e. The summed E-state index contributed by atoms with van der Waals surface area (Å²) in [4.78, 5) is 25.2. The third-order valence-corrected chi connectivity index (χ3v) is 3.33. The normalized spacial score (nSPS) is 17.0. The largest absolute Gasteiger partial charge is 0.478 e. The van der Waals surface area contributed by atoms with Gasteiger partial charge in [-0.15, -0.1) is 0 Å². The van der Waals surface area contributed by atoms with Crippen molar-refractivity contribution in [1.29, 1.82) is 0 Å². The highest BCUT2D eigenvalue weighted by Gasteiger charge is 2.34. The molecule has 108 valence electrons. The van der Waals surface area contributed by atoms with Gasteiger partial charge in [0.1, 0.15) is 11.4 Å². The van der Waals surface area contributed by atoms with Crippen LogP contribution in [0.3, 0.4) is 0 Å². The van der Waals surface area contributed by atoms with E-state index in [1.54, 1.807) is 37.4 Å². The first kappa shape index (κ1) is 13.2. The summed E-state index contributed by atoms with van der Waals surface area (Å²) in [6.07, 6.45) is 0.436. The van der Waals surface area contributed by atoms with E-state index in [0.717, 1.165) is 0 Å². The third-order valence-electron chi connectivity index (χ3n) is 3.33. The van der Waals surface area contributed by atoms with Crippen LogP contribution in [0.5, 0.6) is 5.75 Å². The molecule has 0 bridgehead atoms. The number of carbonyl (C=O) groups excluding carboxylic acids is 1. The zero-order chi connectivity index (χ0) is 15.0. The van der Waals surface area contributed by atoms with E-state index in [0.29, 0.717) is 17.1 Å². The molecule has 1 aliphatic rings. The number of amides is 1. The van der Waals surface area contributed by atoms with Gasteiger partial charge in [0.15, 0.2) is 0 Å². The molecular weight excluding hydrogens is 274 g/mol. The molecule has 0 radical (unpaired) electrons. The molecule has 7 heteroatoms. The number of hydrogen-bond donors (Lipinski definition) is 1. The number of ether oxygens (including phenoxy) is 1. The fraction of sp³-hybridized carbons (Fsp3) is 0.214. The number of benzene rings is 1. The number of rotatable bonds is 2. The molecule has 1 aromatic heterocycles. The average Bonchev–Trinajstić information content (AvgIpc) is 2.91. The SMILES string of the molecule is Cn1nccc1C(=O)N1CC(C(=O)O)Oc2ccccc21. The Kier molecular flexibility index (Phi) is 3.09. The summed E-state index contributed by atoms with van der Waals surface area (Å²) in [5.74, 6) is -1.03. The number of hydrogen-bond acceptors (Lipinski definition) is 4. The lowest BCUT2D eigenvalue weighted by atomic mass is 10.1. The van der Waals surface area contributed by atoms with Crippen molar-refractivity contribution < 1.29 is 19.4 Å². The van der Waals surface area contributed by atoms with Gasteiger partial charge in [0.25, 0.3) is 5.91 Å². The molecule has 1 aromatic carbocycles. The highest BCUT2D eigenvalue weighted by Crippen LogP contribution is 2.34. The van der Waals surface area contributed by atoms with Crippen LogP contribution < -0.4 is 9.64 Å². The van der Waals surface area contributed by atoms with Gasteiger partial charge in [-0.2, -0.15) is 5.10 Å². The van der Waals surface area contributed by atoms with Gasteiger partial charge in [0.2, 0.25) is 6.10 Å². The van der Waals surface area contributed by atoms with Crippen LogP contribution in [0, 0.1) is 0 Å². The van der Waals surface area contributed by atoms with E-state index in [-0.39, 0.29) is 12.5 Å². The van der Waals surface area contributed by atoms with Crippen molar-refractivity contribution in [2.24, 2.45) is 7.05 Å². The minimum atomic E-state index is -1.10. The Morgan fingerprint density at radius 1 is 1.33 bits per heavy atom. The lowest BCUT2D eigenvalue weighted by Crippen LogP contribution is -2.47. The Hall–Kier alpha value is -2.83. The number of fused-ring (bicyclic) bond motifs is 1. The standard InChI is InChI=1S/C14H13N3O4/c1-16-10(6-7-15-16)13(18)17-8-12(14(19)20)21-11-5-3-2-4-9(11)17/h2-7,12H,8H2,1H3,(H,19,20). The van der Waals surface area contributed by atoms with Crippen LogP contribution in [0.15, 0.2) is 36.5 Å². The van der Waals surface area contributed by atoms with E-state index in [2.05, 4.69) is 5.10 Å². The molecule has 1 unspecified atom stereocenters. The van der Waals surface area contributed by atoms with Crippen molar-refractivity contribution in [3.8, 4) is 5.75 Å². The molecule has 1 N–H and O–H groups in total. The molecule has 1 amide bonds. The molecule has 1 aliphatic heterocycles. The van der Waals surface area contributed by atoms with Crippen LogP contribution in [0.25, 0.3) is 0 Å². The van der Waals surface area contributed by atoms with Crippen LogP contribution in [0.4, 0.5) is 5.69 Å². The summed E-state index contributed by atoms with van der Waals surface area (Å²) in [7, 11) is 1.66. The molecule has 0 aliphatic carbocycles. The topological polar surface area (TPSA) is 84.7 Å². The van der Waals surface area contributed by atoms with Gasteiger partial charge in [-0.1, -0.05) is 12.1 Å². The first-order valence-electron chi connectivity index (χ1n) is 6.36. The Labute approximate surface area is 120 Å². The van der Waals surface area contributed by atoms with E-state index in [1.165, 1.54) is 15.8 Å². The van der Waals surface area contributed by atoms with Crippen LogP contribution in [0.2, 0.25) is 0 Å². The lowest BCUT2D eigenvalue weighted by Gasteiger charge is -2.32. The quantitative estimate of drug-likeness (QED) is 0.887. The minimum absolute atomic E-state index is 0.0453. The summed E-state index contributed by atoms with van der Waals surface area (Å²) in [6.45, 7) is -0.0453. The molecule has 0 saturated heterocycles. The Morgan fingerprint density at radius 2 is 2.10 bits per heavy atom. The van der Waals surface area contributed by atoms with Gasteiger partial charge in [-0.25, -0.2) is 4.79 Å². The monoisotopic (exact) mass is 287 g/mol. The minimum Gasteiger partial charge on any atom is -0.478 e. The summed E-state index contributed by atoms with van der Waals surface area (Å²) in [6, 6.07) is 8.47. The first-order chi connectivity index (χ1) is 10.1. The predicted molar refractivity (Wildman–Crippen MR) is 73.4 cm³/mol.